The maximum atomic E-state index is 11.7. The fraction of sp³-hybridized carbons (Fsp3) is 0.143. The summed E-state index contributed by atoms with van der Waals surface area (Å²) in [5, 5.41) is 2.50. The molecule has 6 nitrogen and oxygen atoms in total. The van der Waals surface area contributed by atoms with Crippen LogP contribution < -0.4 is 9.47 Å². The number of halogens is 1. The first-order valence-corrected chi connectivity index (χ1v) is 9.12. The average Bonchev–Trinajstić information content (AvgIpc) is 3.05. The van der Waals surface area contributed by atoms with E-state index in [1.807, 2.05) is 37.3 Å². The molecule has 0 radical (unpaired) electrons. The van der Waals surface area contributed by atoms with E-state index in [1.165, 1.54) is 0 Å². The molecule has 0 bridgehead atoms. The third kappa shape index (κ3) is 3.46. The highest BCUT2D eigenvalue weighted by Gasteiger charge is 2.16. The van der Waals surface area contributed by atoms with Crippen molar-refractivity contribution < 1.29 is 19.0 Å². The maximum absolute atomic E-state index is 11.7. The zero-order valence-electron chi connectivity index (χ0n) is 15.3. The summed E-state index contributed by atoms with van der Waals surface area (Å²) in [4.78, 5) is 19.2. The van der Waals surface area contributed by atoms with Crippen LogP contribution in [-0.4, -0.2) is 22.7 Å². The molecule has 0 amide bonds. The van der Waals surface area contributed by atoms with Gasteiger partial charge in [-0.1, -0.05) is 11.6 Å². The number of ether oxygens (including phenoxy) is 3. The number of hydrogen-bond acceptors (Lipinski definition) is 5. The van der Waals surface area contributed by atoms with Gasteiger partial charge in [0.25, 0.3) is 0 Å². The van der Waals surface area contributed by atoms with Gasteiger partial charge in [0.2, 0.25) is 5.88 Å². The normalized spacial score (nSPS) is 11.0. The summed E-state index contributed by atoms with van der Waals surface area (Å²) in [5.74, 6) is 1.59. The number of H-pyrrole nitrogens is 1. The Kier molecular flexibility index (Phi) is 4.79. The van der Waals surface area contributed by atoms with Gasteiger partial charge >= 0.3 is 6.16 Å². The molecule has 0 atom stereocenters. The molecule has 0 unspecified atom stereocenters. The smallest absolute Gasteiger partial charge is 0.457 e. The molecule has 0 aliphatic heterocycles. The molecule has 1 N–H and O–H groups in total. The van der Waals surface area contributed by atoms with E-state index in [0.29, 0.717) is 16.5 Å². The fourth-order valence-corrected chi connectivity index (χ4v) is 3.18. The van der Waals surface area contributed by atoms with Gasteiger partial charge < -0.3 is 19.2 Å². The second kappa shape index (κ2) is 7.40. The van der Waals surface area contributed by atoms with E-state index in [2.05, 4.69) is 9.97 Å². The van der Waals surface area contributed by atoms with Crippen LogP contribution in [0.15, 0.2) is 48.7 Å². The Balaban J connectivity index is 1.75. The van der Waals surface area contributed by atoms with Crippen molar-refractivity contribution in [3.63, 3.8) is 0 Å². The van der Waals surface area contributed by atoms with Gasteiger partial charge in [-0.05, 0) is 56.3 Å². The molecule has 0 aliphatic carbocycles. The van der Waals surface area contributed by atoms with E-state index in [-0.39, 0.29) is 12.5 Å². The van der Waals surface area contributed by atoms with E-state index in [9.17, 15) is 4.79 Å². The topological polar surface area (TPSA) is 73.4 Å². The molecule has 0 spiro atoms. The molecule has 0 fully saturated rings. The maximum Gasteiger partial charge on any atom is 0.515 e. The van der Waals surface area contributed by atoms with Gasteiger partial charge in [-0.3, -0.25) is 0 Å². The average molecular weight is 397 g/mol. The Labute approximate surface area is 166 Å². The van der Waals surface area contributed by atoms with E-state index in [4.69, 9.17) is 25.8 Å². The minimum Gasteiger partial charge on any atom is -0.457 e. The Morgan fingerprint density at radius 3 is 2.61 bits per heavy atom. The van der Waals surface area contributed by atoms with E-state index in [0.717, 1.165) is 27.4 Å². The first-order valence-electron chi connectivity index (χ1n) is 8.74. The largest absolute Gasteiger partial charge is 0.515 e. The van der Waals surface area contributed by atoms with E-state index in [1.54, 1.807) is 25.3 Å². The van der Waals surface area contributed by atoms with E-state index < -0.39 is 6.16 Å². The Morgan fingerprint density at radius 1 is 1.11 bits per heavy atom. The molecule has 142 valence electrons. The van der Waals surface area contributed by atoms with Crippen LogP contribution in [0.2, 0.25) is 5.02 Å². The molecule has 0 saturated heterocycles. The lowest BCUT2D eigenvalue weighted by Crippen LogP contribution is -2.11. The molecule has 2 aromatic carbocycles. The predicted molar refractivity (Wildman–Crippen MR) is 108 cm³/mol. The molecule has 0 aliphatic rings. The van der Waals surface area contributed by atoms with Gasteiger partial charge in [-0.2, -0.15) is 0 Å². The number of aromatic amines is 1. The Morgan fingerprint density at radius 2 is 1.86 bits per heavy atom. The molecule has 2 aromatic heterocycles. The summed E-state index contributed by atoms with van der Waals surface area (Å²) in [6.45, 7) is 3.80. The SMILES string of the molecule is CCOC(=O)Oc1ncc2[nH]c3ccc(Oc4ccc(Cl)cc4)cc3c2c1C. The summed E-state index contributed by atoms with van der Waals surface area (Å²) >= 11 is 5.92. The lowest BCUT2D eigenvalue weighted by molar-refractivity contribution is 0.102. The number of hydrogen-bond donors (Lipinski definition) is 1. The second-order valence-corrected chi connectivity index (χ2v) is 6.59. The van der Waals surface area contributed by atoms with Crippen molar-refractivity contribution in [2.75, 3.05) is 6.61 Å². The summed E-state index contributed by atoms with van der Waals surface area (Å²) in [5.41, 5.74) is 2.50. The number of nitrogens with one attached hydrogen (secondary N) is 1. The highest BCUT2D eigenvalue weighted by atomic mass is 35.5. The zero-order valence-corrected chi connectivity index (χ0v) is 16.0. The van der Waals surface area contributed by atoms with Crippen LogP contribution in [0, 0.1) is 6.92 Å². The van der Waals surface area contributed by atoms with Gasteiger partial charge in [0, 0.05) is 26.9 Å². The van der Waals surface area contributed by atoms with Crippen LogP contribution in [0.1, 0.15) is 12.5 Å². The van der Waals surface area contributed by atoms with Gasteiger partial charge in [0.05, 0.1) is 18.3 Å². The molecular weight excluding hydrogens is 380 g/mol. The Hall–Kier alpha value is -3.25. The number of carbonyl (C=O) groups excluding carboxylic acids is 1. The first kappa shape index (κ1) is 18.1. The third-order valence-corrected chi connectivity index (χ3v) is 4.55. The molecule has 7 heteroatoms. The summed E-state index contributed by atoms with van der Waals surface area (Å²) < 4.78 is 16.0. The zero-order chi connectivity index (χ0) is 19.7. The predicted octanol–water partition coefficient (Wildman–Crippen LogP) is 6.01. The van der Waals surface area contributed by atoms with Crippen LogP contribution in [0.25, 0.3) is 21.8 Å². The highest BCUT2D eigenvalue weighted by molar-refractivity contribution is 6.30. The van der Waals surface area contributed by atoms with Crippen LogP contribution in [0.4, 0.5) is 4.79 Å². The van der Waals surface area contributed by atoms with Crippen LogP contribution in [0.5, 0.6) is 17.4 Å². The van der Waals surface area contributed by atoms with Gasteiger partial charge in [-0.15, -0.1) is 0 Å². The number of carbonyl (C=O) groups is 1. The number of benzene rings is 2. The minimum atomic E-state index is -0.774. The van der Waals surface area contributed by atoms with Gasteiger partial charge in [0.15, 0.2) is 0 Å². The Bertz CT molecular complexity index is 1170. The monoisotopic (exact) mass is 396 g/mol. The molecule has 4 aromatic rings. The lowest BCUT2D eigenvalue weighted by Gasteiger charge is -2.08. The van der Waals surface area contributed by atoms with Crippen LogP contribution >= 0.6 is 11.6 Å². The summed E-state index contributed by atoms with van der Waals surface area (Å²) in [7, 11) is 0. The lowest BCUT2D eigenvalue weighted by atomic mass is 10.1. The molecule has 2 heterocycles. The van der Waals surface area contributed by atoms with Crippen LogP contribution in [0.3, 0.4) is 0 Å². The molecule has 0 saturated carbocycles. The quantitative estimate of drug-likeness (QED) is 0.428. The van der Waals surface area contributed by atoms with Crippen molar-refractivity contribution in [2.45, 2.75) is 13.8 Å². The number of aromatic nitrogens is 2. The molecular formula is C21H17ClN2O4. The fourth-order valence-electron chi connectivity index (χ4n) is 3.05. The summed E-state index contributed by atoms with van der Waals surface area (Å²) in [6.07, 6.45) is 0.862. The van der Waals surface area contributed by atoms with Crippen molar-refractivity contribution in [2.24, 2.45) is 0 Å². The highest BCUT2D eigenvalue weighted by Crippen LogP contribution is 2.35. The van der Waals surface area contributed by atoms with Crippen LogP contribution in [-0.2, 0) is 4.74 Å². The number of fused-ring (bicyclic) bond motifs is 3. The van der Waals surface area contributed by atoms with Gasteiger partial charge in [0.1, 0.15) is 11.5 Å². The standard InChI is InChI=1S/C21H17ClN2O4/c1-3-26-21(25)28-20-12(2)19-16-10-15(27-14-6-4-13(22)5-7-14)8-9-17(16)24-18(19)11-23-20/h4-11,24H,3H2,1-2H3. The number of nitrogens with zero attached hydrogens (tertiary/aromatic N) is 1. The first-order chi connectivity index (χ1) is 13.5. The number of aryl methyl sites for hydroxylation is 1. The van der Waals surface area contributed by atoms with E-state index >= 15 is 0 Å². The van der Waals surface area contributed by atoms with Crippen molar-refractivity contribution in [1.29, 1.82) is 0 Å². The number of pyridine rings is 1. The van der Waals surface area contributed by atoms with Crippen molar-refractivity contribution in [1.82, 2.24) is 9.97 Å². The van der Waals surface area contributed by atoms with Crippen molar-refractivity contribution in [3.8, 4) is 17.4 Å². The number of rotatable bonds is 4. The minimum absolute atomic E-state index is 0.218. The second-order valence-electron chi connectivity index (χ2n) is 6.15. The van der Waals surface area contributed by atoms with Gasteiger partial charge in [-0.25, -0.2) is 9.78 Å². The molecule has 4 rings (SSSR count). The molecule has 28 heavy (non-hydrogen) atoms. The van der Waals surface area contributed by atoms with Crippen molar-refractivity contribution in [3.05, 3.63) is 59.2 Å². The summed E-state index contributed by atoms with van der Waals surface area (Å²) in [6, 6.07) is 12.9. The third-order valence-electron chi connectivity index (χ3n) is 4.30. The van der Waals surface area contributed by atoms with Crippen molar-refractivity contribution >= 4 is 39.6 Å².